The Labute approximate surface area is 223 Å². The molecular formula is C30H34N2O6. The minimum atomic E-state index is -0.366. The molecule has 1 fully saturated rings. The summed E-state index contributed by atoms with van der Waals surface area (Å²) in [7, 11) is 4.60. The van der Waals surface area contributed by atoms with E-state index in [9.17, 15) is 9.59 Å². The number of benzene rings is 3. The fraction of sp³-hybridized carbons (Fsp3) is 0.333. The van der Waals surface area contributed by atoms with Gasteiger partial charge in [0.15, 0.2) is 0 Å². The topological polar surface area (TPSA) is 77.5 Å². The number of amides is 1. The van der Waals surface area contributed by atoms with Crippen molar-refractivity contribution >= 4 is 11.9 Å². The van der Waals surface area contributed by atoms with Crippen molar-refractivity contribution in [2.45, 2.75) is 12.7 Å². The first-order valence-electron chi connectivity index (χ1n) is 12.6. The number of para-hydroxylation sites is 1. The maximum atomic E-state index is 13.1. The summed E-state index contributed by atoms with van der Waals surface area (Å²) in [5.41, 5.74) is 3.06. The summed E-state index contributed by atoms with van der Waals surface area (Å²) in [5, 5.41) is 0. The van der Waals surface area contributed by atoms with Crippen LogP contribution in [0, 0.1) is 0 Å². The quantitative estimate of drug-likeness (QED) is 0.372. The molecule has 0 saturated carbocycles. The van der Waals surface area contributed by atoms with Crippen molar-refractivity contribution < 1.29 is 28.5 Å². The standard InChI is InChI=1S/C30H34N2O6/c1-35-25-8-6-7-24(19-25)28(38-21-22-11-13-23(14-12-22)30(34)37-3)20-31-15-17-32(18-16-31)29(33)26-9-4-5-10-27(26)36-2/h4-14,19,28H,15-18,20-21H2,1-3H3/t28-/m1/s1. The van der Waals surface area contributed by atoms with Crippen LogP contribution < -0.4 is 9.47 Å². The SMILES string of the molecule is COC(=O)c1ccc(CO[C@H](CN2CCN(C(=O)c3ccccc3OC)CC2)c2cccc(OC)c2)cc1. The number of carbonyl (C=O) groups excluding carboxylic acids is 2. The van der Waals surface area contributed by atoms with Gasteiger partial charge >= 0.3 is 5.97 Å². The Balaban J connectivity index is 1.41. The Hall–Kier alpha value is -3.88. The molecule has 1 saturated heterocycles. The van der Waals surface area contributed by atoms with E-state index in [1.165, 1.54) is 7.11 Å². The average Bonchev–Trinajstić information content (AvgIpc) is 2.99. The molecule has 1 amide bonds. The number of piperazine rings is 1. The normalized spacial score (nSPS) is 14.6. The Morgan fingerprint density at radius 3 is 2.26 bits per heavy atom. The summed E-state index contributed by atoms with van der Waals surface area (Å²) >= 11 is 0. The third kappa shape index (κ3) is 6.70. The van der Waals surface area contributed by atoms with E-state index >= 15 is 0 Å². The lowest BCUT2D eigenvalue weighted by atomic mass is 10.1. The molecule has 38 heavy (non-hydrogen) atoms. The van der Waals surface area contributed by atoms with Crippen LogP contribution in [0.3, 0.4) is 0 Å². The van der Waals surface area contributed by atoms with Crippen molar-refractivity contribution in [1.82, 2.24) is 9.80 Å². The average molecular weight is 519 g/mol. The lowest BCUT2D eigenvalue weighted by Crippen LogP contribution is -2.49. The number of carbonyl (C=O) groups is 2. The Morgan fingerprint density at radius 2 is 1.58 bits per heavy atom. The second-order valence-corrected chi connectivity index (χ2v) is 9.06. The molecule has 0 unspecified atom stereocenters. The minimum Gasteiger partial charge on any atom is -0.497 e. The highest BCUT2D eigenvalue weighted by Gasteiger charge is 2.26. The van der Waals surface area contributed by atoms with Gasteiger partial charge in [0.2, 0.25) is 0 Å². The number of ether oxygens (including phenoxy) is 4. The van der Waals surface area contributed by atoms with Crippen molar-refractivity contribution in [3.63, 3.8) is 0 Å². The lowest BCUT2D eigenvalue weighted by Gasteiger charge is -2.36. The first-order valence-corrected chi connectivity index (χ1v) is 12.6. The van der Waals surface area contributed by atoms with Crippen molar-refractivity contribution in [1.29, 1.82) is 0 Å². The van der Waals surface area contributed by atoms with E-state index in [2.05, 4.69) is 4.90 Å². The molecule has 0 bridgehead atoms. The van der Waals surface area contributed by atoms with Gasteiger partial charge in [0.25, 0.3) is 5.91 Å². The van der Waals surface area contributed by atoms with Gasteiger partial charge in [-0.2, -0.15) is 0 Å². The fourth-order valence-corrected chi connectivity index (χ4v) is 4.51. The Bertz CT molecular complexity index is 1220. The van der Waals surface area contributed by atoms with E-state index < -0.39 is 0 Å². The monoisotopic (exact) mass is 518 g/mol. The zero-order chi connectivity index (χ0) is 26.9. The molecule has 0 spiro atoms. The van der Waals surface area contributed by atoms with Crippen LogP contribution in [0.1, 0.15) is 37.9 Å². The van der Waals surface area contributed by atoms with Crippen LogP contribution in [0.5, 0.6) is 11.5 Å². The molecule has 8 nitrogen and oxygen atoms in total. The molecule has 1 aliphatic rings. The summed E-state index contributed by atoms with van der Waals surface area (Å²) in [5.74, 6) is 0.977. The minimum absolute atomic E-state index is 0.0157. The van der Waals surface area contributed by atoms with Crippen LogP contribution in [0.25, 0.3) is 0 Å². The molecule has 3 aromatic carbocycles. The first kappa shape index (κ1) is 27.2. The predicted octanol–water partition coefficient (Wildman–Crippen LogP) is 4.21. The van der Waals surface area contributed by atoms with E-state index in [1.54, 1.807) is 32.4 Å². The third-order valence-corrected chi connectivity index (χ3v) is 6.71. The summed E-state index contributed by atoms with van der Waals surface area (Å²) in [6.45, 7) is 3.77. The van der Waals surface area contributed by atoms with Gasteiger partial charge < -0.3 is 23.8 Å². The molecule has 1 atom stereocenters. The van der Waals surface area contributed by atoms with E-state index in [4.69, 9.17) is 18.9 Å². The molecule has 1 aliphatic heterocycles. The zero-order valence-corrected chi connectivity index (χ0v) is 22.1. The highest BCUT2D eigenvalue weighted by atomic mass is 16.5. The van der Waals surface area contributed by atoms with Crippen LogP contribution in [0.15, 0.2) is 72.8 Å². The number of methoxy groups -OCH3 is 3. The van der Waals surface area contributed by atoms with Crippen molar-refractivity contribution in [2.24, 2.45) is 0 Å². The van der Waals surface area contributed by atoms with Gasteiger partial charge in [0, 0.05) is 32.7 Å². The molecule has 3 aromatic rings. The number of esters is 1. The predicted molar refractivity (Wildman–Crippen MR) is 144 cm³/mol. The molecule has 0 aromatic heterocycles. The van der Waals surface area contributed by atoms with Crippen LogP contribution in [0.2, 0.25) is 0 Å². The molecule has 8 heteroatoms. The van der Waals surface area contributed by atoms with Crippen LogP contribution in [-0.4, -0.2) is 75.7 Å². The van der Waals surface area contributed by atoms with Gasteiger partial charge in [0.05, 0.1) is 45.2 Å². The molecule has 4 rings (SSSR count). The highest BCUT2D eigenvalue weighted by Crippen LogP contribution is 2.26. The van der Waals surface area contributed by atoms with Gasteiger partial charge in [-0.05, 0) is 47.5 Å². The summed E-state index contributed by atoms with van der Waals surface area (Å²) in [6, 6.07) is 22.4. The first-order chi connectivity index (χ1) is 18.5. The van der Waals surface area contributed by atoms with Gasteiger partial charge in [-0.1, -0.05) is 36.4 Å². The molecule has 0 aliphatic carbocycles. The maximum Gasteiger partial charge on any atom is 0.337 e. The van der Waals surface area contributed by atoms with Gasteiger partial charge in [0.1, 0.15) is 11.5 Å². The van der Waals surface area contributed by atoms with Gasteiger partial charge in [-0.3, -0.25) is 9.69 Å². The largest absolute Gasteiger partial charge is 0.497 e. The van der Waals surface area contributed by atoms with Crippen molar-refractivity contribution in [3.05, 3.63) is 95.1 Å². The summed E-state index contributed by atoms with van der Waals surface area (Å²) in [6.07, 6.45) is -0.207. The van der Waals surface area contributed by atoms with Crippen LogP contribution in [-0.2, 0) is 16.1 Å². The molecule has 0 radical (unpaired) electrons. The maximum absolute atomic E-state index is 13.1. The summed E-state index contributed by atoms with van der Waals surface area (Å²) < 4.78 is 22.0. The molecule has 200 valence electrons. The Kier molecular flexibility index (Phi) is 9.35. The molecular weight excluding hydrogens is 484 g/mol. The zero-order valence-electron chi connectivity index (χ0n) is 22.1. The molecule has 0 N–H and O–H groups in total. The molecule has 1 heterocycles. The second-order valence-electron chi connectivity index (χ2n) is 9.06. The highest BCUT2D eigenvalue weighted by molar-refractivity contribution is 5.97. The lowest BCUT2D eigenvalue weighted by molar-refractivity contribution is 0.00329. The van der Waals surface area contributed by atoms with Crippen LogP contribution in [0.4, 0.5) is 0 Å². The number of nitrogens with zero attached hydrogens (tertiary/aromatic N) is 2. The number of rotatable bonds is 10. The second kappa shape index (κ2) is 13.1. The van der Waals surface area contributed by atoms with Crippen molar-refractivity contribution in [3.8, 4) is 11.5 Å². The summed E-state index contributed by atoms with van der Waals surface area (Å²) in [4.78, 5) is 29.0. The van der Waals surface area contributed by atoms with E-state index in [0.717, 1.165) is 30.0 Å². The van der Waals surface area contributed by atoms with Crippen molar-refractivity contribution in [2.75, 3.05) is 54.1 Å². The third-order valence-electron chi connectivity index (χ3n) is 6.71. The van der Waals surface area contributed by atoms with Gasteiger partial charge in [-0.25, -0.2) is 4.79 Å². The number of hydrogen-bond donors (Lipinski definition) is 0. The van der Waals surface area contributed by atoms with E-state index in [0.29, 0.717) is 43.1 Å². The fourth-order valence-electron chi connectivity index (χ4n) is 4.51. The van der Waals surface area contributed by atoms with E-state index in [1.807, 2.05) is 59.5 Å². The number of hydrogen-bond acceptors (Lipinski definition) is 7. The van der Waals surface area contributed by atoms with Crippen LogP contribution >= 0.6 is 0 Å². The van der Waals surface area contributed by atoms with E-state index in [-0.39, 0.29) is 18.0 Å². The smallest absolute Gasteiger partial charge is 0.337 e. The van der Waals surface area contributed by atoms with Gasteiger partial charge in [-0.15, -0.1) is 0 Å². The Morgan fingerprint density at radius 1 is 0.842 bits per heavy atom.